The minimum absolute atomic E-state index is 0.0319. The zero-order valence-corrected chi connectivity index (χ0v) is 14.2. The first-order chi connectivity index (χ1) is 11.9. The van der Waals surface area contributed by atoms with E-state index in [0.29, 0.717) is 17.8 Å². The van der Waals surface area contributed by atoms with Gasteiger partial charge < -0.3 is 15.5 Å². The third-order valence-corrected chi connectivity index (χ3v) is 4.24. The van der Waals surface area contributed by atoms with E-state index in [1.54, 1.807) is 24.0 Å². The number of nitrogens with zero attached hydrogens (tertiary/aromatic N) is 1. The van der Waals surface area contributed by atoms with E-state index in [1.807, 2.05) is 31.2 Å². The molecule has 130 valence electrons. The molecule has 1 aliphatic heterocycles. The van der Waals surface area contributed by atoms with Crippen molar-refractivity contribution in [2.75, 3.05) is 16.8 Å². The van der Waals surface area contributed by atoms with Crippen LogP contribution < -0.4 is 15.5 Å². The van der Waals surface area contributed by atoms with Gasteiger partial charge in [-0.3, -0.25) is 4.79 Å². The fourth-order valence-electron chi connectivity index (χ4n) is 2.80. The van der Waals surface area contributed by atoms with Crippen molar-refractivity contribution in [1.82, 2.24) is 5.32 Å². The number of hydrogen-bond donors (Lipinski definition) is 2. The molecule has 1 aliphatic rings. The molecular formula is C19H20FN3O2. The number of halogens is 1. The normalized spacial score (nSPS) is 16.8. The predicted molar refractivity (Wildman–Crippen MR) is 95.2 cm³/mol. The van der Waals surface area contributed by atoms with Gasteiger partial charge in [0.05, 0.1) is 6.04 Å². The van der Waals surface area contributed by atoms with Gasteiger partial charge in [-0.25, -0.2) is 9.18 Å². The van der Waals surface area contributed by atoms with Crippen molar-refractivity contribution in [2.45, 2.75) is 26.3 Å². The van der Waals surface area contributed by atoms with Crippen LogP contribution in [0.5, 0.6) is 0 Å². The maximum absolute atomic E-state index is 13.5. The van der Waals surface area contributed by atoms with Gasteiger partial charge in [-0.1, -0.05) is 23.8 Å². The Labute approximate surface area is 145 Å². The second-order valence-electron chi connectivity index (χ2n) is 6.30. The summed E-state index contributed by atoms with van der Waals surface area (Å²) < 4.78 is 13.5. The Morgan fingerprint density at radius 2 is 1.88 bits per heavy atom. The second-order valence-corrected chi connectivity index (χ2v) is 6.30. The predicted octanol–water partition coefficient (Wildman–Crippen LogP) is 3.37. The van der Waals surface area contributed by atoms with Crippen molar-refractivity contribution < 1.29 is 14.0 Å². The number of hydrogen-bond acceptors (Lipinski definition) is 2. The third kappa shape index (κ3) is 3.96. The molecule has 0 spiro atoms. The Morgan fingerprint density at radius 1 is 1.16 bits per heavy atom. The molecule has 0 unspecified atom stereocenters. The first kappa shape index (κ1) is 17.0. The highest BCUT2D eigenvalue weighted by Crippen LogP contribution is 2.22. The Hall–Kier alpha value is -2.89. The molecule has 3 amide bonds. The van der Waals surface area contributed by atoms with Gasteiger partial charge in [0, 0.05) is 24.3 Å². The minimum atomic E-state index is -0.452. The SMILES string of the molecule is Cc1ccc(N2C[C@@H](NC(=O)Nc3ccc(C)c(F)c3)CC2=O)cc1. The molecule has 5 nitrogen and oxygen atoms in total. The van der Waals surface area contributed by atoms with E-state index in [0.717, 1.165) is 11.3 Å². The smallest absolute Gasteiger partial charge is 0.319 e. The number of benzene rings is 2. The fraction of sp³-hybridized carbons (Fsp3) is 0.263. The van der Waals surface area contributed by atoms with Crippen LogP contribution in [0.1, 0.15) is 17.5 Å². The summed E-state index contributed by atoms with van der Waals surface area (Å²) in [5, 5.41) is 5.36. The summed E-state index contributed by atoms with van der Waals surface area (Å²) in [5.41, 5.74) is 2.83. The van der Waals surface area contributed by atoms with Crippen LogP contribution in [0, 0.1) is 19.7 Å². The fourth-order valence-corrected chi connectivity index (χ4v) is 2.80. The van der Waals surface area contributed by atoms with Gasteiger partial charge >= 0.3 is 6.03 Å². The van der Waals surface area contributed by atoms with Crippen LogP contribution in [0.2, 0.25) is 0 Å². The van der Waals surface area contributed by atoms with Crippen LogP contribution in [0.25, 0.3) is 0 Å². The highest BCUT2D eigenvalue weighted by atomic mass is 19.1. The zero-order chi connectivity index (χ0) is 18.0. The lowest BCUT2D eigenvalue weighted by atomic mass is 10.2. The minimum Gasteiger partial charge on any atom is -0.333 e. The molecular weight excluding hydrogens is 321 g/mol. The molecule has 1 heterocycles. The topological polar surface area (TPSA) is 61.4 Å². The second kappa shape index (κ2) is 6.93. The van der Waals surface area contributed by atoms with Crippen LogP contribution in [-0.2, 0) is 4.79 Å². The van der Waals surface area contributed by atoms with Gasteiger partial charge in [0.1, 0.15) is 5.82 Å². The largest absolute Gasteiger partial charge is 0.333 e. The molecule has 0 saturated carbocycles. The molecule has 0 aromatic heterocycles. The van der Waals surface area contributed by atoms with Gasteiger partial charge in [-0.15, -0.1) is 0 Å². The van der Waals surface area contributed by atoms with Gasteiger partial charge in [-0.05, 0) is 43.7 Å². The number of rotatable bonds is 3. The molecule has 0 bridgehead atoms. The molecule has 2 aromatic carbocycles. The molecule has 3 rings (SSSR count). The van der Waals surface area contributed by atoms with Crippen molar-refractivity contribution in [3.05, 3.63) is 59.4 Å². The van der Waals surface area contributed by atoms with Crippen LogP contribution in [0.3, 0.4) is 0 Å². The lowest BCUT2D eigenvalue weighted by molar-refractivity contribution is -0.117. The molecule has 1 atom stereocenters. The molecule has 2 aromatic rings. The Bertz CT molecular complexity index is 805. The van der Waals surface area contributed by atoms with Crippen molar-refractivity contribution in [1.29, 1.82) is 0 Å². The average Bonchev–Trinajstić information content (AvgIpc) is 2.92. The summed E-state index contributed by atoms with van der Waals surface area (Å²) in [6.45, 7) is 4.05. The summed E-state index contributed by atoms with van der Waals surface area (Å²) in [6, 6.07) is 11.4. The monoisotopic (exact) mass is 341 g/mol. The maximum Gasteiger partial charge on any atom is 0.319 e. The van der Waals surface area contributed by atoms with E-state index >= 15 is 0 Å². The summed E-state index contributed by atoms with van der Waals surface area (Å²) in [4.78, 5) is 25.9. The molecule has 0 radical (unpaired) electrons. The molecule has 1 saturated heterocycles. The van der Waals surface area contributed by atoms with E-state index in [4.69, 9.17) is 0 Å². The van der Waals surface area contributed by atoms with Gasteiger partial charge in [0.15, 0.2) is 0 Å². The van der Waals surface area contributed by atoms with Crippen molar-refractivity contribution in [3.8, 4) is 0 Å². The summed E-state index contributed by atoms with van der Waals surface area (Å²) in [7, 11) is 0. The van der Waals surface area contributed by atoms with Crippen molar-refractivity contribution in [3.63, 3.8) is 0 Å². The van der Waals surface area contributed by atoms with Crippen molar-refractivity contribution in [2.24, 2.45) is 0 Å². The van der Waals surface area contributed by atoms with Gasteiger partial charge in [-0.2, -0.15) is 0 Å². The van der Waals surface area contributed by atoms with E-state index in [1.165, 1.54) is 6.07 Å². The van der Waals surface area contributed by atoms with E-state index in [-0.39, 0.29) is 24.2 Å². The van der Waals surface area contributed by atoms with Gasteiger partial charge in [0.25, 0.3) is 0 Å². The third-order valence-electron chi connectivity index (χ3n) is 4.24. The summed E-state index contributed by atoms with van der Waals surface area (Å²) in [6.07, 6.45) is 0.240. The Kier molecular flexibility index (Phi) is 4.70. The number of carbonyl (C=O) groups excluding carboxylic acids is 2. The molecule has 2 N–H and O–H groups in total. The summed E-state index contributed by atoms with van der Waals surface area (Å²) in [5.74, 6) is -0.407. The van der Waals surface area contributed by atoms with Crippen molar-refractivity contribution >= 4 is 23.3 Å². The number of urea groups is 1. The maximum atomic E-state index is 13.5. The van der Waals surface area contributed by atoms with Crippen LogP contribution in [0.4, 0.5) is 20.6 Å². The first-order valence-electron chi connectivity index (χ1n) is 8.13. The number of nitrogens with one attached hydrogen (secondary N) is 2. The quantitative estimate of drug-likeness (QED) is 0.899. The summed E-state index contributed by atoms with van der Waals surface area (Å²) >= 11 is 0. The van der Waals surface area contributed by atoms with E-state index in [9.17, 15) is 14.0 Å². The highest BCUT2D eigenvalue weighted by Gasteiger charge is 2.31. The number of anilines is 2. The first-order valence-corrected chi connectivity index (χ1v) is 8.13. The number of aryl methyl sites for hydroxylation is 2. The molecule has 0 aliphatic carbocycles. The van der Waals surface area contributed by atoms with E-state index in [2.05, 4.69) is 10.6 Å². The molecule has 25 heavy (non-hydrogen) atoms. The number of carbonyl (C=O) groups is 2. The lowest BCUT2D eigenvalue weighted by Gasteiger charge is -2.17. The van der Waals surface area contributed by atoms with Crippen LogP contribution >= 0.6 is 0 Å². The lowest BCUT2D eigenvalue weighted by Crippen LogP contribution is -2.39. The molecule has 1 fully saturated rings. The van der Waals surface area contributed by atoms with E-state index < -0.39 is 6.03 Å². The Morgan fingerprint density at radius 3 is 2.56 bits per heavy atom. The van der Waals surface area contributed by atoms with Gasteiger partial charge in [0.2, 0.25) is 5.91 Å². The van der Waals surface area contributed by atoms with Crippen LogP contribution in [0.15, 0.2) is 42.5 Å². The van der Waals surface area contributed by atoms with Crippen LogP contribution in [-0.4, -0.2) is 24.5 Å². The zero-order valence-electron chi connectivity index (χ0n) is 14.2. The number of amides is 3. The highest BCUT2D eigenvalue weighted by molar-refractivity contribution is 5.97. The average molecular weight is 341 g/mol. The standard InChI is InChI=1S/C19H20FN3O2/c1-12-3-7-16(8-4-12)23-11-15(10-18(23)24)22-19(25)21-14-6-5-13(2)17(20)9-14/h3-9,15H,10-11H2,1-2H3,(H2,21,22,25)/t15-/m0/s1. The Balaban J connectivity index is 1.60. The molecule has 6 heteroatoms.